The number of carbonyl (C=O) groups excluding carboxylic acids is 1. The van der Waals surface area contributed by atoms with Crippen LogP contribution >= 0.6 is 0 Å². The summed E-state index contributed by atoms with van der Waals surface area (Å²) >= 11 is 0. The number of ether oxygens (including phenoxy) is 1. The number of Topliss-reactive ketones (excluding diaryl/α,β-unsaturated/α-hetero) is 1. The largest absolute Gasteiger partial charge is 0.378 e. The number of hydrogen-bond donors (Lipinski definition) is 0. The summed E-state index contributed by atoms with van der Waals surface area (Å²) in [6, 6.07) is 0. The lowest BCUT2D eigenvalue weighted by atomic mass is 9.60. The average molecular weight is 278 g/mol. The molecule has 3 fully saturated rings. The van der Waals surface area contributed by atoms with Crippen molar-refractivity contribution in [1.29, 1.82) is 0 Å². The Morgan fingerprint density at radius 2 is 2.00 bits per heavy atom. The number of carbonyl (C=O) groups is 1. The van der Waals surface area contributed by atoms with Crippen LogP contribution in [-0.2, 0) is 9.53 Å². The SMILES string of the molecule is CCOC1CC(=O)CCC1[C@@H]1C[C@H]2CC[C@]1(C)C2(C)C. The summed E-state index contributed by atoms with van der Waals surface area (Å²) in [5.74, 6) is 2.67. The predicted octanol–water partition coefficient (Wildman–Crippen LogP) is 4.22. The van der Waals surface area contributed by atoms with Gasteiger partial charge in [0.2, 0.25) is 0 Å². The molecule has 0 radical (unpaired) electrons. The zero-order valence-corrected chi connectivity index (χ0v) is 13.6. The fraction of sp³-hybridized carbons (Fsp3) is 0.944. The molecule has 0 heterocycles. The molecule has 0 saturated heterocycles. The fourth-order valence-electron chi connectivity index (χ4n) is 5.76. The van der Waals surface area contributed by atoms with E-state index in [0.717, 1.165) is 31.3 Å². The maximum Gasteiger partial charge on any atom is 0.135 e. The molecule has 2 unspecified atom stereocenters. The van der Waals surface area contributed by atoms with Gasteiger partial charge in [0, 0.05) is 19.4 Å². The Kier molecular flexibility index (Phi) is 3.52. The van der Waals surface area contributed by atoms with Crippen LogP contribution in [-0.4, -0.2) is 18.5 Å². The van der Waals surface area contributed by atoms with Crippen molar-refractivity contribution in [2.75, 3.05) is 6.61 Å². The van der Waals surface area contributed by atoms with Gasteiger partial charge in [0.25, 0.3) is 0 Å². The third kappa shape index (κ3) is 1.90. The summed E-state index contributed by atoms with van der Waals surface area (Å²) < 4.78 is 5.98. The van der Waals surface area contributed by atoms with Gasteiger partial charge in [-0.2, -0.15) is 0 Å². The van der Waals surface area contributed by atoms with Gasteiger partial charge in [0.05, 0.1) is 6.10 Å². The molecule has 3 rings (SSSR count). The van der Waals surface area contributed by atoms with E-state index < -0.39 is 0 Å². The summed E-state index contributed by atoms with van der Waals surface area (Å²) in [5, 5.41) is 0. The molecule has 0 aliphatic heterocycles. The Hall–Kier alpha value is -0.370. The van der Waals surface area contributed by atoms with E-state index in [1.165, 1.54) is 19.3 Å². The lowest BCUT2D eigenvalue weighted by molar-refractivity contribution is -0.130. The molecular weight excluding hydrogens is 248 g/mol. The third-order valence-corrected chi connectivity index (χ3v) is 7.42. The standard InChI is InChI=1S/C18H30O2/c1-5-20-16-11-13(19)6-7-14(16)15-10-12-8-9-18(15,4)17(12,2)3/h12,14-16H,5-11H2,1-4H3/t12-,14?,15+,16?,18+/m1/s1. The van der Waals surface area contributed by atoms with E-state index in [0.29, 0.717) is 29.0 Å². The van der Waals surface area contributed by atoms with Gasteiger partial charge in [0.1, 0.15) is 5.78 Å². The van der Waals surface area contributed by atoms with Crippen LogP contribution < -0.4 is 0 Å². The normalized spacial score (nSPS) is 46.9. The van der Waals surface area contributed by atoms with Crippen LogP contribution in [0.1, 0.15) is 66.2 Å². The lowest BCUT2D eigenvalue weighted by Crippen LogP contribution is -2.43. The van der Waals surface area contributed by atoms with Crippen LogP contribution in [0.5, 0.6) is 0 Å². The summed E-state index contributed by atoms with van der Waals surface area (Å²) in [6.07, 6.45) is 6.85. The van der Waals surface area contributed by atoms with Crippen LogP contribution in [0.3, 0.4) is 0 Å². The first-order chi connectivity index (χ1) is 9.40. The molecule has 0 amide bonds. The minimum atomic E-state index is 0.193. The second kappa shape index (κ2) is 4.83. The zero-order valence-electron chi connectivity index (χ0n) is 13.6. The van der Waals surface area contributed by atoms with Gasteiger partial charge in [-0.05, 0) is 61.2 Å². The van der Waals surface area contributed by atoms with Gasteiger partial charge >= 0.3 is 0 Å². The molecule has 2 bridgehead atoms. The van der Waals surface area contributed by atoms with Crippen molar-refractivity contribution in [3.63, 3.8) is 0 Å². The summed E-state index contributed by atoms with van der Waals surface area (Å²) in [5.41, 5.74) is 0.925. The van der Waals surface area contributed by atoms with Gasteiger partial charge in [-0.1, -0.05) is 20.8 Å². The molecule has 20 heavy (non-hydrogen) atoms. The van der Waals surface area contributed by atoms with Gasteiger partial charge in [-0.15, -0.1) is 0 Å². The molecule has 0 aromatic rings. The first kappa shape index (κ1) is 14.6. The number of ketones is 1. The van der Waals surface area contributed by atoms with Crippen molar-refractivity contribution in [3.8, 4) is 0 Å². The third-order valence-electron chi connectivity index (χ3n) is 7.42. The molecular formula is C18H30O2. The molecule has 3 aliphatic rings. The van der Waals surface area contributed by atoms with E-state index in [-0.39, 0.29) is 6.10 Å². The highest BCUT2D eigenvalue weighted by atomic mass is 16.5. The molecule has 0 aromatic carbocycles. The number of rotatable bonds is 3. The van der Waals surface area contributed by atoms with E-state index in [1.807, 2.05) is 0 Å². The van der Waals surface area contributed by atoms with Crippen molar-refractivity contribution in [3.05, 3.63) is 0 Å². The van der Waals surface area contributed by atoms with Crippen molar-refractivity contribution in [2.45, 2.75) is 72.3 Å². The van der Waals surface area contributed by atoms with Gasteiger partial charge in [-0.3, -0.25) is 4.79 Å². The molecule has 3 aliphatic carbocycles. The first-order valence-electron chi connectivity index (χ1n) is 8.53. The highest BCUT2D eigenvalue weighted by Gasteiger charge is 2.63. The average Bonchev–Trinajstić information content (AvgIpc) is 2.72. The minimum absolute atomic E-state index is 0.193. The van der Waals surface area contributed by atoms with Crippen LogP contribution in [0, 0.1) is 28.6 Å². The van der Waals surface area contributed by atoms with Crippen LogP contribution in [0.25, 0.3) is 0 Å². The van der Waals surface area contributed by atoms with Crippen LogP contribution in [0.2, 0.25) is 0 Å². The molecule has 2 heteroatoms. The van der Waals surface area contributed by atoms with Crippen LogP contribution in [0.15, 0.2) is 0 Å². The Labute approximate surface area is 123 Å². The number of hydrogen-bond acceptors (Lipinski definition) is 2. The van der Waals surface area contributed by atoms with Crippen molar-refractivity contribution >= 4 is 5.78 Å². The minimum Gasteiger partial charge on any atom is -0.378 e. The number of fused-ring (bicyclic) bond motifs is 2. The van der Waals surface area contributed by atoms with Gasteiger partial charge in [-0.25, -0.2) is 0 Å². The van der Waals surface area contributed by atoms with Gasteiger partial charge in [0.15, 0.2) is 0 Å². The fourth-order valence-corrected chi connectivity index (χ4v) is 5.76. The zero-order chi connectivity index (χ0) is 14.5. The van der Waals surface area contributed by atoms with Crippen molar-refractivity contribution in [2.24, 2.45) is 28.6 Å². The predicted molar refractivity (Wildman–Crippen MR) is 80.5 cm³/mol. The van der Waals surface area contributed by atoms with Crippen molar-refractivity contribution in [1.82, 2.24) is 0 Å². The molecule has 114 valence electrons. The Balaban J connectivity index is 1.84. The second-order valence-corrected chi connectivity index (χ2v) is 8.16. The molecule has 2 nitrogen and oxygen atoms in total. The summed E-state index contributed by atoms with van der Waals surface area (Å²) in [6.45, 7) is 10.3. The first-order valence-corrected chi connectivity index (χ1v) is 8.53. The Morgan fingerprint density at radius 1 is 1.25 bits per heavy atom. The van der Waals surface area contributed by atoms with Gasteiger partial charge < -0.3 is 4.74 Å². The van der Waals surface area contributed by atoms with E-state index in [9.17, 15) is 4.79 Å². The maximum atomic E-state index is 11.8. The molecule has 3 saturated carbocycles. The summed E-state index contributed by atoms with van der Waals surface area (Å²) in [4.78, 5) is 11.8. The quantitative estimate of drug-likeness (QED) is 0.772. The van der Waals surface area contributed by atoms with E-state index in [1.54, 1.807) is 0 Å². The van der Waals surface area contributed by atoms with Crippen molar-refractivity contribution < 1.29 is 9.53 Å². The monoisotopic (exact) mass is 278 g/mol. The maximum absolute atomic E-state index is 11.8. The van der Waals surface area contributed by atoms with Crippen LogP contribution in [0.4, 0.5) is 0 Å². The Bertz CT molecular complexity index is 400. The second-order valence-electron chi connectivity index (χ2n) is 8.16. The highest BCUT2D eigenvalue weighted by molar-refractivity contribution is 5.79. The summed E-state index contributed by atoms with van der Waals surface area (Å²) in [7, 11) is 0. The highest BCUT2D eigenvalue weighted by Crippen LogP contribution is 2.70. The van der Waals surface area contributed by atoms with E-state index >= 15 is 0 Å². The molecule has 0 N–H and O–H groups in total. The smallest absolute Gasteiger partial charge is 0.135 e. The Morgan fingerprint density at radius 3 is 2.55 bits per heavy atom. The van der Waals surface area contributed by atoms with E-state index in [2.05, 4.69) is 27.7 Å². The molecule has 0 aromatic heterocycles. The topological polar surface area (TPSA) is 26.3 Å². The van der Waals surface area contributed by atoms with E-state index in [4.69, 9.17) is 4.74 Å². The molecule has 5 atom stereocenters. The lowest BCUT2D eigenvalue weighted by Gasteiger charge is -2.46. The molecule has 0 spiro atoms.